The van der Waals surface area contributed by atoms with Crippen LogP contribution in [-0.4, -0.2) is 228 Å². The SMILES string of the molecule is CC(=O)N[C@H]1[C@H](OC[C@@H](O)[C@H](O)[C@H](O)[C@@H](O)CO)O[C@H](CO)[C@@H](O[C@@H]2O[C@H](CO)[C@H](O)[C@H](O[C@@H]3O[C@H](CO)[C@@H](O)[C@H](O)[C@H]3NC(C)=O)[C@H]2O)[C@@H]1O. The number of carbonyl (C=O) groups is 2. The number of carbonyl (C=O) groups excluding carboxylic acids is 2. The lowest BCUT2D eigenvalue weighted by Crippen LogP contribution is -2.69. The van der Waals surface area contributed by atoms with E-state index in [-0.39, 0.29) is 0 Å². The smallest absolute Gasteiger partial charge is 0.217 e. The molecule has 19 atom stereocenters. The van der Waals surface area contributed by atoms with Gasteiger partial charge in [-0.15, -0.1) is 0 Å². The molecule has 0 unspecified atom stereocenters. The summed E-state index contributed by atoms with van der Waals surface area (Å²) in [4.78, 5) is 23.9. The van der Waals surface area contributed by atoms with Crippen molar-refractivity contribution < 1.29 is 104 Å². The number of nitrogens with one attached hydrogen (secondary N) is 2. The zero-order valence-corrected chi connectivity index (χ0v) is 27.6. The molecule has 0 saturated carbocycles. The molecule has 298 valence electrons. The van der Waals surface area contributed by atoms with Gasteiger partial charge in [-0.1, -0.05) is 0 Å². The molecule has 0 aromatic heterocycles. The summed E-state index contributed by atoms with van der Waals surface area (Å²) in [5.41, 5.74) is 0. The number of hydrogen-bond donors (Lipinski definition) is 15. The maximum absolute atomic E-state index is 12.1. The van der Waals surface area contributed by atoms with Crippen LogP contribution in [0.25, 0.3) is 0 Å². The molecule has 3 heterocycles. The molecule has 23 heteroatoms. The Labute approximate surface area is 290 Å². The molecule has 51 heavy (non-hydrogen) atoms. The predicted octanol–water partition coefficient (Wildman–Crippen LogP) is -9.83. The van der Waals surface area contributed by atoms with Gasteiger partial charge in [-0.3, -0.25) is 9.59 Å². The van der Waals surface area contributed by atoms with Crippen molar-refractivity contribution in [2.24, 2.45) is 0 Å². The summed E-state index contributed by atoms with van der Waals surface area (Å²) in [5, 5.41) is 138. The number of rotatable bonds is 16. The third-order valence-corrected chi connectivity index (χ3v) is 8.63. The maximum atomic E-state index is 12.1. The standard InChI is InChI=1S/C28H50N2O21/c1-8(35)29-15-21(43)19(41)12(4-32)47-27(15)51-25-20(42)13(5-33)48-28(23(25)45)50-24-14(6-34)49-26(16(22(24)44)30-9(2)36)46-7-11(38)18(40)17(39)10(37)3-31/h10-28,31-34,37-45H,3-7H2,1-2H3,(H,29,35)(H,30,36)/t10-,11+,12+,13+,14+,15+,16+,17+,18-,19+,20-,21+,22+,23+,24+,25-,26+,27-,28-/m0/s1. The highest BCUT2D eigenvalue weighted by molar-refractivity contribution is 5.73. The van der Waals surface area contributed by atoms with Crippen molar-refractivity contribution in [3.63, 3.8) is 0 Å². The van der Waals surface area contributed by atoms with Gasteiger partial charge < -0.3 is 105 Å². The minimum Gasteiger partial charge on any atom is -0.394 e. The Morgan fingerprint density at radius 3 is 1.59 bits per heavy atom. The predicted molar refractivity (Wildman–Crippen MR) is 159 cm³/mol. The van der Waals surface area contributed by atoms with Gasteiger partial charge in [0.15, 0.2) is 18.9 Å². The first kappa shape index (κ1) is 43.6. The van der Waals surface area contributed by atoms with E-state index in [9.17, 15) is 70.9 Å². The first-order valence-electron chi connectivity index (χ1n) is 16.0. The quantitative estimate of drug-likeness (QED) is 0.0696. The van der Waals surface area contributed by atoms with E-state index in [0.717, 1.165) is 13.8 Å². The Morgan fingerprint density at radius 1 is 0.588 bits per heavy atom. The number of aliphatic hydroxyl groups is 13. The number of aliphatic hydroxyl groups excluding tert-OH is 13. The monoisotopic (exact) mass is 750 g/mol. The highest BCUT2D eigenvalue weighted by atomic mass is 16.8. The Kier molecular flexibility index (Phi) is 16.7. The molecule has 3 rings (SSSR count). The van der Waals surface area contributed by atoms with Crippen molar-refractivity contribution in [3.05, 3.63) is 0 Å². The molecule has 0 bridgehead atoms. The van der Waals surface area contributed by atoms with Gasteiger partial charge in [0.05, 0.1) is 33.0 Å². The lowest BCUT2D eigenvalue weighted by molar-refractivity contribution is -0.369. The van der Waals surface area contributed by atoms with Crippen LogP contribution in [0.15, 0.2) is 0 Å². The van der Waals surface area contributed by atoms with E-state index in [1.807, 2.05) is 0 Å². The Balaban J connectivity index is 1.83. The van der Waals surface area contributed by atoms with Crippen molar-refractivity contribution in [2.45, 2.75) is 130 Å². The first-order valence-corrected chi connectivity index (χ1v) is 16.0. The molecule has 3 aliphatic heterocycles. The van der Waals surface area contributed by atoms with Crippen LogP contribution in [0.2, 0.25) is 0 Å². The minimum atomic E-state index is -2.03. The summed E-state index contributed by atoms with van der Waals surface area (Å²) in [6.45, 7) is -2.26. The van der Waals surface area contributed by atoms with Gasteiger partial charge >= 0.3 is 0 Å². The molecule has 2 amide bonds. The molecule has 0 aromatic rings. The zero-order chi connectivity index (χ0) is 38.3. The molecule has 0 aromatic carbocycles. The molecule has 3 aliphatic rings. The summed E-state index contributed by atoms with van der Waals surface area (Å²) in [5.74, 6) is -1.44. The van der Waals surface area contributed by atoms with E-state index in [0.29, 0.717) is 0 Å². The molecule has 0 spiro atoms. The Bertz CT molecular complexity index is 1100. The number of ether oxygens (including phenoxy) is 6. The molecule has 3 saturated heterocycles. The molecule has 3 fully saturated rings. The third kappa shape index (κ3) is 10.4. The van der Waals surface area contributed by atoms with Crippen molar-refractivity contribution in [1.29, 1.82) is 0 Å². The van der Waals surface area contributed by atoms with E-state index >= 15 is 0 Å². The van der Waals surface area contributed by atoms with Crippen LogP contribution in [0.1, 0.15) is 13.8 Å². The van der Waals surface area contributed by atoms with Gasteiger partial charge in [0.1, 0.15) is 97.5 Å². The lowest BCUT2D eigenvalue weighted by Gasteiger charge is -2.49. The molecule has 0 radical (unpaired) electrons. The summed E-state index contributed by atoms with van der Waals surface area (Å²) in [7, 11) is 0. The number of hydrogen-bond acceptors (Lipinski definition) is 21. The summed E-state index contributed by atoms with van der Waals surface area (Å²) < 4.78 is 33.7. The molecule has 15 N–H and O–H groups in total. The van der Waals surface area contributed by atoms with Crippen LogP contribution in [0.5, 0.6) is 0 Å². The van der Waals surface area contributed by atoms with Crippen LogP contribution in [0.4, 0.5) is 0 Å². The van der Waals surface area contributed by atoms with Crippen LogP contribution in [0.3, 0.4) is 0 Å². The topological polar surface area (TPSA) is 377 Å². The third-order valence-electron chi connectivity index (χ3n) is 8.63. The van der Waals surface area contributed by atoms with E-state index in [2.05, 4.69) is 10.6 Å². The second-order valence-corrected chi connectivity index (χ2v) is 12.4. The van der Waals surface area contributed by atoms with E-state index in [1.54, 1.807) is 0 Å². The van der Waals surface area contributed by atoms with Gasteiger partial charge in [0.25, 0.3) is 0 Å². The zero-order valence-electron chi connectivity index (χ0n) is 27.6. The van der Waals surface area contributed by atoms with Crippen molar-refractivity contribution in [3.8, 4) is 0 Å². The largest absolute Gasteiger partial charge is 0.394 e. The fraction of sp³-hybridized carbons (Fsp3) is 0.929. The minimum absolute atomic E-state index is 0.700. The summed E-state index contributed by atoms with van der Waals surface area (Å²) >= 11 is 0. The van der Waals surface area contributed by atoms with E-state index in [1.165, 1.54) is 0 Å². The fourth-order valence-corrected chi connectivity index (χ4v) is 5.84. The highest BCUT2D eigenvalue weighted by Gasteiger charge is 2.54. The second kappa shape index (κ2) is 19.5. The van der Waals surface area contributed by atoms with Gasteiger partial charge in [-0.2, -0.15) is 0 Å². The van der Waals surface area contributed by atoms with Crippen LogP contribution < -0.4 is 10.6 Å². The van der Waals surface area contributed by atoms with Gasteiger partial charge in [0, 0.05) is 13.8 Å². The lowest BCUT2D eigenvalue weighted by atomic mass is 9.94. The highest BCUT2D eigenvalue weighted by Crippen LogP contribution is 2.33. The second-order valence-electron chi connectivity index (χ2n) is 12.4. The maximum Gasteiger partial charge on any atom is 0.217 e. The molecule has 0 aliphatic carbocycles. The average molecular weight is 751 g/mol. The van der Waals surface area contributed by atoms with E-state index < -0.39 is 161 Å². The van der Waals surface area contributed by atoms with Crippen molar-refractivity contribution >= 4 is 11.8 Å². The fourth-order valence-electron chi connectivity index (χ4n) is 5.84. The first-order chi connectivity index (χ1) is 24.0. The van der Waals surface area contributed by atoms with Gasteiger partial charge in [-0.25, -0.2) is 0 Å². The van der Waals surface area contributed by atoms with Crippen molar-refractivity contribution in [2.75, 3.05) is 33.0 Å². The molecular weight excluding hydrogens is 700 g/mol. The van der Waals surface area contributed by atoms with E-state index in [4.69, 9.17) is 33.5 Å². The van der Waals surface area contributed by atoms with Crippen LogP contribution in [0, 0.1) is 0 Å². The summed E-state index contributed by atoms with van der Waals surface area (Å²) in [6, 6.07) is -3.04. The normalized spacial score (nSPS) is 41.3. The van der Waals surface area contributed by atoms with Crippen LogP contribution >= 0.6 is 0 Å². The number of amides is 2. The average Bonchev–Trinajstić information content (AvgIpc) is 3.10. The van der Waals surface area contributed by atoms with Gasteiger partial charge in [-0.05, 0) is 0 Å². The van der Waals surface area contributed by atoms with Crippen molar-refractivity contribution in [1.82, 2.24) is 10.6 Å². The molecule has 23 nitrogen and oxygen atoms in total. The Hall–Kier alpha value is -1.82. The van der Waals surface area contributed by atoms with Gasteiger partial charge in [0.2, 0.25) is 11.8 Å². The summed E-state index contributed by atoms with van der Waals surface area (Å²) in [6.07, 6.45) is -30.3. The Morgan fingerprint density at radius 2 is 1.06 bits per heavy atom. The molecular formula is C28H50N2O21. The van der Waals surface area contributed by atoms with Crippen LogP contribution in [-0.2, 0) is 38.0 Å².